The molecule has 0 amide bonds. The Hall–Kier alpha value is -2.10. The van der Waals surface area contributed by atoms with Gasteiger partial charge in [-0.15, -0.1) is 0 Å². The van der Waals surface area contributed by atoms with Gasteiger partial charge in [0, 0.05) is 0 Å². The number of allylic oxidation sites excluding steroid dienone is 4. The second-order valence-electron chi connectivity index (χ2n) is 4.57. The first-order valence-electron chi connectivity index (χ1n) is 6.85. The summed E-state index contributed by atoms with van der Waals surface area (Å²) in [5.74, 6) is -0.561. The molecule has 2 aliphatic rings. The molecule has 0 aliphatic heterocycles. The lowest BCUT2D eigenvalue weighted by atomic mass is 10.3. The van der Waals surface area contributed by atoms with Crippen molar-refractivity contribution in [1.82, 2.24) is 0 Å². The van der Waals surface area contributed by atoms with Gasteiger partial charge in [-0.2, -0.15) is 0 Å². The number of ether oxygens (including phenoxy) is 2. The molecule has 4 nitrogen and oxygen atoms in total. The van der Waals surface area contributed by atoms with E-state index in [0.717, 1.165) is 12.8 Å². The van der Waals surface area contributed by atoms with E-state index in [2.05, 4.69) is 0 Å². The van der Waals surface area contributed by atoms with E-state index in [0.29, 0.717) is 37.2 Å². The van der Waals surface area contributed by atoms with E-state index in [1.807, 2.05) is 24.3 Å². The molecule has 106 valence electrons. The largest absolute Gasteiger partial charge is 0.462 e. The van der Waals surface area contributed by atoms with Crippen molar-refractivity contribution < 1.29 is 19.1 Å². The molecule has 0 aromatic heterocycles. The van der Waals surface area contributed by atoms with Crippen LogP contribution in [-0.2, 0) is 19.1 Å². The van der Waals surface area contributed by atoms with Crippen molar-refractivity contribution in [3.05, 3.63) is 47.6 Å². The van der Waals surface area contributed by atoms with Crippen LogP contribution >= 0.6 is 0 Å². The molecular formula is C16H18O4. The molecule has 0 aromatic rings. The Morgan fingerprint density at radius 2 is 1.30 bits per heavy atom. The summed E-state index contributed by atoms with van der Waals surface area (Å²) in [5, 5.41) is 0. The van der Waals surface area contributed by atoms with E-state index in [9.17, 15) is 9.59 Å². The lowest BCUT2D eigenvalue weighted by Crippen LogP contribution is -2.10. The Morgan fingerprint density at radius 1 is 0.850 bits per heavy atom. The van der Waals surface area contributed by atoms with Crippen molar-refractivity contribution in [3.8, 4) is 0 Å². The van der Waals surface area contributed by atoms with Crippen LogP contribution in [0, 0.1) is 0 Å². The van der Waals surface area contributed by atoms with Gasteiger partial charge < -0.3 is 9.47 Å². The first-order valence-corrected chi connectivity index (χ1v) is 6.85. The van der Waals surface area contributed by atoms with Gasteiger partial charge >= 0.3 is 11.9 Å². The molecule has 0 atom stereocenters. The SMILES string of the molecule is O=C(OCCCCOC(=O)C1=CCC=C1)C1=CCC=C1. The Balaban J connectivity index is 1.51. The average molecular weight is 274 g/mol. The van der Waals surface area contributed by atoms with Crippen molar-refractivity contribution in [3.63, 3.8) is 0 Å². The van der Waals surface area contributed by atoms with Crippen molar-refractivity contribution in [2.45, 2.75) is 25.7 Å². The lowest BCUT2D eigenvalue weighted by Gasteiger charge is -2.06. The molecule has 2 aliphatic carbocycles. The maximum atomic E-state index is 11.5. The minimum absolute atomic E-state index is 0.281. The quantitative estimate of drug-likeness (QED) is 0.529. The van der Waals surface area contributed by atoms with Gasteiger partial charge in [0.15, 0.2) is 0 Å². The minimum Gasteiger partial charge on any atom is -0.462 e. The van der Waals surface area contributed by atoms with Crippen LogP contribution in [0.15, 0.2) is 47.6 Å². The molecule has 20 heavy (non-hydrogen) atoms. The van der Waals surface area contributed by atoms with E-state index in [1.54, 1.807) is 12.2 Å². The zero-order valence-electron chi connectivity index (χ0n) is 11.3. The highest BCUT2D eigenvalue weighted by Gasteiger charge is 2.11. The van der Waals surface area contributed by atoms with Crippen LogP contribution in [0.2, 0.25) is 0 Å². The predicted molar refractivity (Wildman–Crippen MR) is 74.8 cm³/mol. The average Bonchev–Trinajstić information content (AvgIpc) is 3.14. The second-order valence-corrected chi connectivity index (χ2v) is 4.57. The van der Waals surface area contributed by atoms with Crippen LogP contribution in [0.4, 0.5) is 0 Å². The zero-order valence-corrected chi connectivity index (χ0v) is 11.3. The van der Waals surface area contributed by atoms with Gasteiger partial charge in [-0.1, -0.05) is 36.5 Å². The van der Waals surface area contributed by atoms with E-state index in [1.165, 1.54) is 0 Å². The number of carbonyl (C=O) groups is 2. The second kappa shape index (κ2) is 7.48. The monoisotopic (exact) mass is 274 g/mol. The molecule has 0 bridgehead atoms. The standard InChI is InChI=1S/C16H18O4/c17-15(13-7-1-2-8-13)19-11-5-6-12-20-16(18)14-9-3-4-10-14/h1,3,7-10H,2,4-6,11-12H2. The molecule has 0 spiro atoms. The fraction of sp³-hybridized carbons (Fsp3) is 0.375. The molecule has 0 fully saturated rings. The maximum absolute atomic E-state index is 11.5. The molecule has 0 radical (unpaired) electrons. The third kappa shape index (κ3) is 4.23. The zero-order chi connectivity index (χ0) is 14.2. The summed E-state index contributed by atoms with van der Waals surface area (Å²) in [6, 6.07) is 0. The highest BCUT2D eigenvalue weighted by molar-refractivity contribution is 5.92. The van der Waals surface area contributed by atoms with Gasteiger partial charge in [-0.3, -0.25) is 0 Å². The Kier molecular flexibility index (Phi) is 5.35. The van der Waals surface area contributed by atoms with Crippen molar-refractivity contribution >= 4 is 11.9 Å². The molecule has 0 N–H and O–H groups in total. The first kappa shape index (κ1) is 14.3. The van der Waals surface area contributed by atoms with Crippen molar-refractivity contribution in [1.29, 1.82) is 0 Å². The van der Waals surface area contributed by atoms with Gasteiger partial charge in [0.1, 0.15) is 0 Å². The van der Waals surface area contributed by atoms with Gasteiger partial charge in [0.2, 0.25) is 0 Å². The fourth-order valence-electron chi connectivity index (χ4n) is 1.92. The predicted octanol–water partition coefficient (Wildman–Crippen LogP) is 2.63. The Morgan fingerprint density at radius 3 is 1.65 bits per heavy atom. The van der Waals surface area contributed by atoms with E-state index in [-0.39, 0.29) is 11.9 Å². The molecule has 2 rings (SSSR count). The summed E-state index contributed by atoms with van der Waals surface area (Å²) in [5.41, 5.74) is 1.24. The lowest BCUT2D eigenvalue weighted by molar-refractivity contribution is -0.141. The third-order valence-electron chi connectivity index (χ3n) is 3.02. The van der Waals surface area contributed by atoms with E-state index >= 15 is 0 Å². The van der Waals surface area contributed by atoms with Gasteiger partial charge in [0.05, 0.1) is 24.4 Å². The highest BCUT2D eigenvalue weighted by atomic mass is 16.5. The van der Waals surface area contributed by atoms with Gasteiger partial charge in [-0.25, -0.2) is 9.59 Å². The number of esters is 2. The van der Waals surface area contributed by atoms with Crippen LogP contribution in [0.3, 0.4) is 0 Å². The highest BCUT2D eigenvalue weighted by Crippen LogP contribution is 2.11. The topological polar surface area (TPSA) is 52.6 Å². The van der Waals surface area contributed by atoms with Gasteiger partial charge in [-0.05, 0) is 25.7 Å². The van der Waals surface area contributed by atoms with Crippen LogP contribution in [0.1, 0.15) is 25.7 Å². The fourth-order valence-corrected chi connectivity index (χ4v) is 1.92. The van der Waals surface area contributed by atoms with Crippen LogP contribution in [0.25, 0.3) is 0 Å². The molecular weight excluding hydrogens is 256 g/mol. The molecule has 0 saturated heterocycles. The van der Waals surface area contributed by atoms with Crippen LogP contribution in [-0.4, -0.2) is 25.2 Å². The number of unbranched alkanes of at least 4 members (excludes halogenated alkanes) is 1. The summed E-state index contributed by atoms with van der Waals surface area (Å²) in [6.45, 7) is 0.703. The molecule has 0 aromatic carbocycles. The third-order valence-corrected chi connectivity index (χ3v) is 3.02. The van der Waals surface area contributed by atoms with Crippen molar-refractivity contribution in [2.24, 2.45) is 0 Å². The van der Waals surface area contributed by atoms with Crippen LogP contribution < -0.4 is 0 Å². The molecule has 0 unspecified atom stereocenters. The number of rotatable bonds is 7. The minimum atomic E-state index is -0.281. The summed E-state index contributed by atoms with van der Waals surface area (Å²) >= 11 is 0. The van der Waals surface area contributed by atoms with E-state index in [4.69, 9.17) is 9.47 Å². The first-order chi connectivity index (χ1) is 9.77. The maximum Gasteiger partial charge on any atom is 0.337 e. The molecule has 0 heterocycles. The normalized spacial score (nSPS) is 16.0. The Bertz CT molecular complexity index is 449. The summed E-state index contributed by atoms with van der Waals surface area (Å²) in [7, 11) is 0. The van der Waals surface area contributed by atoms with E-state index < -0.39 is 0 Å². The smallest absolute Gasteiger partial charge is 0.337 e. The number of carbonyl (C=O) groups excluding carboxylic acids is 2. The number of hydrogen-bond donors (Lipinski definition) is 0. The number of hydrogen-bond acceptors (Lipinski definition) is 4. The molecule has 4 heteroatoms. The van der Waals surface area contributed by atoms with Gasteiger partial charge in [0.25, 0.3) is 0 Å². The molecule has 0 saturated carbocycles. The summed E-state index contributed by atoms with van der Waals surface area (Å²) < 4.78 is 10.2. The summed E-state index contributed by atoms with van der Waals surface area (Å²) in [6.07, 6.45) is 14.0. The van der Waals surface area contributed by atoms with Crippen molar-refractivity contribution in [2.75, 3.05) is 13.2 Å². The summed E-state index contributed by atoms with van der Waals surface area (Å²) in [4.78, 5) is 23.0. The Labute approximate surface area is 118 Å². The van der Waals surface area contributed by atoms with Crippen LogP contribution in [0.5, 0.6) is 0 Å².